The number of ether oxygens (including phenoxy) is 1. The molecule has 118 valence electrons. The Hall–Kier alpha value is -2.72. The van der Waals surface area contributed by atoms with Gasteiger partial charge in [0.05, 0.1) is 28.7 Å². The normalized spacial score (nSPS) is 13.7. The molecule has 1 aromatic heterocycles. The van der Waals surface area contributed by atoms with E-state index in [4.69, 9.17) is 4.74 Å². The van der Waals surface area contributed by atoms with E-state index in [0.29, 0.717) is 35.4 Å². The maximum Gasteiger partial charge on any atom is 0.270 e. The zero-order chi connectivity index (χ0) is 16.2. The summed E-state index contributed by atoms with van der Waals surface area (Å²) in [4.78, 5) is 14.7. The molecule has 1 aromatic carbocycles. The predicted octanol–water partition coefficient (Wildman–Crippen LogP) is 2.85. The van der Waals surface area contributed by atoms with Crippen LogP contribution in [0.15, 0.2) is 24.3 Å². The Morgan fingerprint density at radius 2 is 2.26 bits per heavy atom. The van der Waals surface area contributed by atoms with Gasteiger partial charge in [0.25, 0.3) is 5.69 Å². The van der Waals surface area contributed by atoms with Crippen LogP contribution in [-0.4, -0.2) is 29.7 Å². The monoisotopic (exact) mass is 312 g/mol. The first-order chi connectivity index (χ1) is 11.2. The molecule has 23 heavy (non-hydrogen) atoms. The summed E-state index contributed by atoms with van der Waals surface area (Å²) in [6.45, 7) is 1.99. The van der Waals surface area contributed by atoms with Gasteiger partial charge in [-0.05, 0) is 30.9 Å². The number of nitro groups is 1. The highest BCUT2D eigenvalue weighted by molar-refractivity contribution is 5.88. The minimum absolute atomic E-state index is 0.0509. The first-order valence-corrected chi connectivity index (χ1v) is 7.48. The van der Waals surface area contributed by atoms with E-state index in [0.717, 1.165) is 12.5 Å². The fourth-order valence-corrected chi connectivity index (χ4v) is 2.30. The zero-order valence-electron chi connectivity index (χ0n) is 12.5. The van der Waals surface area contributed by atoms with Gasteiger partial charge in [-0.3, -0.25) is 10.1 Å². The summed E-state index contributed by atoms with van der Waals surface area (Å²) in [7, 11) is 0. The van der Waals surface area contributed by atoms with E-state index in [-0.39, 0.29) is 5.69 Å². The quantitative estimate of drug-likeness (QED) is 0.479. The van der Waals surface area contributed by atoms with Crippen molar-refractivity contribution in [2.75, 3.05) is 25.1 Å². The number of rotatable bonds is 7. The van der Waals surface area contributed by atoms with Gasteiger partial charge in [-0.15, -0.1) is 0 Å². The third-order valence-corrected chi connectivity index (χ3v) is 3.73. The van der Waals surface area contributed by atoms with Gasteiger partial charge in [0.15, 0.2) is 0 Å². The van der Waals surface area contributed by atoms with Gasteiger partial charge >= 0.3 is 0 Å². The van der Waals surface area contributed by atoms with Crippen LogP contribution in [-0.2, 0) is 4.74 Å². The van der Waals surface area contributed by atoms with Crippen molar-refractivity contribution in [2.24, 2.45) is 5.92 Å². The molecule has 3 rings (SSSR count). The number of nitrogens with zero attached hydrogens (tertiary/aromatic N) is 3. The molecule has 1 saturated carbocycles. The van der Waals surface area contributed by atoms with Crippen molar-refractivity contribution in [3.8, 4) is 6.07 Å². The van der Waals surface area contributed by atoms with Gasteiger partial charge in [0, 0.05) is 30.7 Å². The number of nitrogens with one attached hydrogen (secondary N) is 1. The van der Waals surface area contributed by atoms with Gasteiger partial charge < -0.3 is 10.1 Å². The Labute approximate surface area is 133 Å². The van der Waals surface area contributed by atoms with Crippen molar-refractivity contribution in [1.29, 1.82) is 5.26 Å². The molecule has 7 heteroatoms. The predicted molar refractivity (Wildman–Crippen MR) is 85.1 cm³/mol. The van der Waals surface area contributed by atoms with E-state index in [1.807, 2.05) is 0 Å². The molecule has 1 aliphatic carbocycles. The minimum Gasteiger partial charge on any atom is -0.379 e. The lowest BCUT2D eigenvalue weighted by Gasteiger charge is -2.08. The number of non-ortho nitro benzene ring substituents is 1. The SMILES string of the molecule is N#Cc1cc(NCCOCC2CC2)nc2ccc([N+](=O)[O-])cc12. The molecular formula is C16H16N4O3. The molecule has 1 aliphatic rings. The summed E-state index contributed by atoms with van der Waals surface area (Å²) in [5, 5.41) is 23.7. The van der Waals surface area contributed by atoms with Crippen molar-refractivity contribution in [1.82, 2.24) is 4.98 Å². The Kier molecular flexibility index (Phi) is 4.35. The zero-order valence-corrected chi connectivity index (χ0v) is 12.5. The van der Waals surface area contributed by atoms with Crippen molar-refractivity contribution in [3.63, 3.8) is 0 Å². The molecule has 0 aliphatic heterocycles. The van der Waals surface area contributed by atoms with E-state index >= 15 is 0 Å². The molecular weight excluding hydrogens is 296 g/mol. The van der Waals surface area contributed by atoms with Gasteiger partial charge in [0.2, 0.25) is 0 Å². The number of nitriles is 1. The summed E-state index contributed by atoms with van der Waals surface area (Å²) in [5.74, 6) is 1.30. The minimum atomic E-state index is -0.482. The second-order valence-corrected chi connectivity index (χ2v) is 5.57. The molecule has 1 N–H and O–H groups in total. The fourth-order valence-electron chi connectivity index (χ4n) is 2.30. The number of hydrogen-bond acceptors (Lipinski definition) is 6. The molecule has 7 nitrogen and oxygen atoms in total. The van der Waals surface area contributed by atoms with E-state index in [2.05, 4.69) is 16.4 Å². The van der Waals surface area contributed by atoms with Gasteiger partial charge in [-0.25, -0.2) is 4.98 Å². The number of nitro benzene ring substituents is 1. The van der Waals surface area contributed by atoms with Gasteiger partial charge in [-0.1, -0.05) is 0 Å². The average Bonchev–Trinajstić information content (AvgIpc) is 3.37. The lowest BCUT2D eigenvalue weighted by Crippen LogP contribution is -2.11. The molecule has 1 fully saturated rings. The second-order valence-electron chi connectivity index (χ2n) is 5.57. The maximum absolute atomic E-state index is 10.8. The van der Waals surface area contributed by atoms with Crippen LogP contribution in [0, 0.1) is 27.4 Å². The van der Waals surface area contributed by atoms with Crippen molar-refractivity contribution in [3.05, 3.63) is 39.9 Å². The lowest BCUT2D eigenvalue weighted by atomic mass is 10.1. The number of hydrogen-bond donors (Lipinski definition) is 1. The molecule has 0 bridgehead atoms. The van der Waals surface area contributed by atoms with E-state index in [1.165, 1.54) is 25.0 Å². The third kappa shape index (κ3) is 3.73. The van der Waals surface area contributed by atoms with Crippen LogP contribution in [0.1, 0.15) is 18.4 Å². The Balaban J connectivity index is 1.72. The van der Waals surface area contributed by atoms with Crippen molar-refractivity contribution in [2.45, 2.75) is 12.8 Å². The van der Waals surface area contributed by atoms with E-state index in [9.17, 15) is 15.4 Å². The highest BCUT2D eigenvalue weighted by Crippen LogP contribution is 2.28. The van der Waals surface area contributed by atoms with Crippen LogP contribution in [0.3, 0.4) is 0 Å². The molecule has 2 aromatic rings. The van der Waals surface area contributed by atoms with Gasteiger partial charge in [-0.2, -0.15) is 5.26 Å². The summed E-state index contributed by atoms with van der Waals surface area (Å²) < 4.78 is 5.54. The van der Waals surface area contributed by atoms with Crippen LogP contribution in [0.4, 0.5) is 11.5 Å². The van der Waals surface area contributed by atoms with Crippen LogP contribution in [0.2, 0.25) is 0 Å². The standard InChI is InChI=1S/C16H16N4O3/c17-9-12-7-16(18-5-6-23-10-11-1-2-11)19-15-4-3-13(20(21)22)8-14(12)15/h3-4,7-8,11H,1-2,5-6,10H2,(H,18,19). The van der Waals surface area contributed by atoms with E-state index in [1.54, 1.807) is 12.1 Å². The Morgan fingerprint density at radius 3 is 2.96 bits per heavy atom. The second kappa shape index (κ2) is 6.58. The van der Waals surface area contributed by atoms with Crippen LogP contribution < -0.4 is 5.32 Å². The molecule has 0 spiro atoms. The number of fused-ring (bicyclic) bond motifs is 1. The van der Waals surface area contributed by atoms with Gasteiger partial charge in [0.1, 0.15) is 5.82 Å². The average molecular weight is 312 g/mol. The molecule has 0 atom stereocenters. The number of pyridine rings is 1. The molecule has 0 saturated heterocycles. The number of aromatic nitrogens is 1. The van der Waals surface area contributed by atoms with Crippen molar-refractivity contribution >= 4 is 22.4 Å². The Morgan fingerprint density at radius 1 is 1.43 bits per heavy atom. The Bertz CT molecular complexity index is 781. The highest BCUT2D eigenvalue weighted by Gasteiger charge is 2.20. The highest BCUT2D eigenvalue weighted by atomic mass is 16.6. The maximum atomic E-state index is 10.8. The lowest BCUT2D eigenvalue weighted by molar-refractivity contribution is -0.384. The fraction of sp³-hybridized carbons (Fsp3) is 0.375. The molecule has 0 unspecified atom stereocenters. The summed E-state index contributed by atoms with van der Waals surface area (Å²) in [6.07, 6.45) is 2.52. The molecule has 1 heterocycles. The summed E-state index contributed by atoms with van der Waals surface area (Å²) in [6, 6.07) is 8.00. The largest absolute Gasteiger partial charge is 0.379 e. The number of anilines is 1. The first kappa shape index (κ1) is 15.2. The summed E-state index contributed by atoms with van der Waals surface area (Å²) in [5.41, 5.74) is 0.862. The molecule has 0 amide bonds. The van der Waals surface area contributed by atoms with Crippen molar-refractivity contribution < 1.29 is 9.66 Å². The third-order valence-electron chi connectivity index (χ3n) is 3.73. The summed E-state index contributed by atoms with van der Waals surface area (Å²) >= 11 is 0. The topological polar surface area (TPSA) is 101 Å². The first-order valence-electron chi connectivity index (χ1n) is 7.48. The smallest absolute Gasteiger partial charge is 0.270 e. The van der Waals surface area contributed by atoms with E-state index < -0.39 is 4.92 Å². The number of benzene rings is 1. The molecule has 0 radical (unpaired) electrons. The van der Waals surface area contributed by atoms with Crippen LogP contribution >= 0.6 is 0 Å². The van der Waals surface area contributed by atoms with Crippen LogP contribution in [0.5, 0.6) is 0 Å². The van der Waals surface area contributed by atoms with Crippen LogP contribution in [0.25, 0.3) is 10.9 Å².